The maximum atomic E-state index is 12.9. The minimum atomic E-state index is -4.45. The summed E-state index contributed by atoms with van der Waals surface area (Å²) in [6.45, 7) is 3.13. The van der Waals surface area contributed by atoms with Crippen LogP contribution in [0.1, 0.15) is 25.0 Å². The Hall–Kier alpha value is -0.780. The molecule has 2 N–H and O–H groups in total. The van der Waals surface area contributed by atoms with E-state index in [4.69, 9.17) is 17.5 Å². The van der Waals surface area contributed by atoms with Gasteiger partial charge < -0.3 is 4.84 Å². The van der Waals surface area contributed by atoms with Crippen molar-refractivity contribution in [2.45, 2.75) is 25.4 Å². The number of rotatable bonds is 3. The zero-order valence-electron chi connectivity index (χ0n) is 9.44. The topological polar surface area (TPSA) is 35.2 Å². The van der Waals surface area contributed by atoms with Crippen LogP contribution in [0.3, 0.4) is 0 Å². The summed E-state index contributed by atoms with van der Waals surface area (Å²) >= 11 is 5.86. The second-order valence-corrected chi connectivity index (χ2v) is 4.76. The molecule has 0 spiro atoms. The maximum absolute atomic E-state index is 12.9. The van der Waals surface area contributed by atoms with Crippen LogP contribution in [0.15, 0.2) is 18.2 Å². The van der Waals surface area contributed by atoms with Gasteiger partial charge in [0.15, 0.2) is 0 Å². The van der Waals surface area contributed by atoms with E-state index in [1.807, 2.05) is 0 Å². The molecule has 0 aliphatic heterocycles. The third-order valence-electron chi connectivity index (χ3n) is 2.44. The van der Waals surface area contributed by atoms with E-state index in [-0.39, 0.29) is 17.2 Å². The van der Waals surface area contributed by atoms with Crippen molar-refractivity contribution in [1.82, 2.24) is 0 Å². The van der Waals surface area contributed by atoms with Crippen molar-refractivity contribution in [1.29, 1.82) is 0 Å². The molecule has 0 aliphatic carbocycles. The van der Waals surface area contributed by atoms with Gasteiger partial charge in [0.25, 0.3) is 0 Å². The van der Waals surface area contributed by atoms with Gasteiger partial charge >= 0.3 is 6.18 Å². The molecule has 0 saturated heterocycles. The number of nitrogens with two attached hydrogens (primary N) is 1. The molecule has 0 saturated carbocycles. The Labute approximate surface area is 102 Å². The summed E-state index contributed by atoms with van der Waals surface area (Å²) in [6.07, 6.45) is -4.45. The van der Waals surface area contributed by atoms with E-state index < -0.39 is 17.2 Å². The summed E-state index contributed by atoms with van der Waals surface area (Å²) in [6, 6.07) is 3.69. The van der Waals surface area contributed by atoms with Gasteiger partial charge in [-0.3, -0.25) is 0 Å². The predicted molar refractivity (Wildman–Crippen MR) is 59.6 cm³/mol. The third kappa shape index (κ3) is 3.12. The molecule has 0 unspecified atom stereocenters. The monoisotopic (exact) mass is 267 g/mol. The van der Waals surface area contributed by atoms with Gasteiger partial charge in [0, 0.05) is 10.4 Å². The Kier molecular flexibility index (Phi) is 4.06. The lowest BCUT2D eigenvalue weighted by Crippen LogP contribution is -2.29. The fourth-order valence-corrected chi connectivity index (χ4v) is 2.16. The summed E-state index contributed by atoms with van der Waals surface area (Å²) in [5, 5.41) is 0.0573. The van der Waals surface area contributed by atoms with Gasteiger partial charge in [-0.25, -0.2) is 5.90 Å². The average Bonchev–Trinajstić information content (AvgIpc) is 2.15. The molecule has 2 nitrogen and oxygen atoms in total. The van der Waals surface area contributed by atoms with Crippen LogP contribution < -0.4 is 5.90 Å². The van der Waals surface area contributed by atoms with Crippen LogP contribution in [-0.4, -0.2) is 6.61 Å². The van der Waals surface area contributed by atoms with E-state index in [2.05, 4.69) is 4.84 Å². The molecule has 0 atom stereocenters. The Balaban J connectivity index is 3.40. The van der Waals surface area contributed by atoms with Crippen molar-refractivity contribution in [3.05, 3.63) is 34.3 Å². The molecule has 1 aromatic rings. The van der Waals surface area contributed by atoms with Crippen molar-refractivity contribution >= 4 is 11.6 Å². The molecule has 96 valence electrons. The van der Waals surface area contributed by atoms with E-state index in [9.17, 15) is 13.2 Å². The number of halogens is 4. The second kappa shape index (κ2) is 4.84. The maximum Gasteiger partial charge on any atom is 0.416 e. The van der Waals surface area contributed by atoms with Crippen LogP contribution in [0, 0.1) is 0 Å². The molecular weight excluding hydrogens is 255 g/mol. The van der Waals surface area contributed by atoms with Gasteiger partial charge in [-0.15, -0.1) is 0 Å². The van der Waals surface area contributed by atoms with Crippen LogP contribution in [0.2, 0.25) is 5.02 Å². The quantitative estimate of drug-likeness (QED) is 0.851. The molecule has 1 rings (SSSR count). The predicted octanol–water partition coefficient (Wildman–Crippen LogP) is 3.53. The first kappa shape index (κ1) is 14.3. The lowest BCUT2D eigenvalue weighted by molar-refractivity contribution is -0.139. The van der Waals surface area contributed by atoms with Crippen molar-refractivity contribution < 1.29 is 18.0 Å². The molecule has 6 heteroatoms. The second-order valence-electron chi connectivity index (χ2n) is 4.36. The first-order valence-corrected chi connectivity index (χ1v) is 5.26. The molecule has 0 radical (unpaired) electrons. The highest BCUT2D eigenvalue weighted by atomic mass is 35.5. The van der Waals surface area contributed by atoms with Gasteiger partial charge in [-0.1, -0.05) is 31.5 Å². The van der Waals surface area contributed by atoms with Crippen molar-refractivity contribution in [2.24, 2.45) is 5.90 Å². The first-order chi connectivity index (χ1) is 7.70. The van der Waals surface area contributed by atoms with E-state index in [1.165, 1.54) is 12.1 Å². The zero-order chi connectivity index (χ0) is 13.3. The van der Waals surface area contributed by atoms with Gasteiger partial charge in [0.1, 0.15) is 0 Å². The van der Waals surface area contributed by atoms with Crippen molar-refractivity contribution in [3.8, 4) is 0 Å². The molecule has 0 heterocycles. The van der Waals surface area contributed by atoms with Crippen LogP contribution in [0.5, 0.6) is 0 Å². The summed E-state index contributed by atoms with van der Waals surface area (Å²) < 4.78 is 38.6. The fraction of sp³-hybridized carbons (Fsp3) is 0.455. The minimum absolute atomic E-state index is 0.000355. The number of hydrogen-bond donors (Lipinski definition) is 1. The van der Waals surface area contributed by atoms with Crippen LogP contribution in [0.4, 0.5) is 13.2 Å². The average molecular weight is 268 g/mol. The Morgan fingerprint density at radius 3 is 2.35 bits per heavy atom. The van der Waals surface area contributed by atoms with Gasteiger partial charge in [0.2, 0.25) is 0 Å². The molecule has 17 heavy (non-hydrogen) atoms. The summed E-state index contributed by atoms with van der Waals surface area (Å²) in [4.78, 5) is 4.46. The van der Waals surface area contributed by atoms with Crippen LogP contribution in [0.25, 0.3) is 0 Å². The van der Waals surface area contributed by atoms with E-state index in [0.29, 0.717) is 0 Å². The zero-order valence-corrected chi connectivity index (χ0v) is 10.2. The van der Waals surface area contributed by atoms with Crippen molar-refractivity contribution in [2.75, 3.05) is 6.61 Å². The molecule has 0 aliphatic rings. The van der Waals surface area contributed by atoms with Crippen molar-refractivity contribution in [3.63, 3.8) is 0 Å². The lowest BCUT2D eigenvalue weighted by Gasteiger charge is -2.28. The third-order valence-corrected chi connectivity index (χ3v) is 2.75. The molecule has 1 aromatic carbocycles. The summed E-state index contributed by atoms with van der Waals surface area (Å²) in [5.74, 6) is 4.94. The van der Waals surface area contributed by atoms with Crippen LogP contribution in [-0.2, 0) is 16.4 Å². The Morgan fingerprint density at radius 1 is 1.29 bits per heavy atom. The van der Waals surface area contributed by atoms with Crippen LogP contribution >= 0.6 is 11.6 Å². The number of hydrogen-bond acceptors (Lipinski definition) is 2. The normalized spacial score (nSPS) is 12.9. The number of benzene rings is 1. The minimum Gasteiger partial charge on any atom is -0.304 e. The first-order valence-electron chi connectivity index (χ1n) is 4.88. The molecule has 0 aromatic heterocycles. The largest absolute Gasteiger partial charge is 0.416 e. The van der Waals surface area contributed by atoms with E-state index in [1.54, 1.807) is 13.8 Å². The molecular formula is C11H13ClF3NO. The van der Waals surface area contributed by atoms with Gasteiger partial charge in [0.05, 0.1) is 12.2 Å². The summed E-state index contributed by atoms with van der Waals surface area (Å²) in [7, 11) is 0. The molecule has 0 fully saturated rings. The molecule has 0 amide bonds. The standard InChI is InChI=1S/C11H13ClF3NO/c1-10(2,6-17-16)9-7(11(13,14)15)4-3-5-8(9)12/h3-5H,6,16H2,1-2H3. The molecule has 0 bridgehead atoms. The summed E-state index contributed by atoms with van der Waals surface area (Å²) in [5.41, 5.74) is -1.68. The van der Waals surface area contributed by atoms with Gasteiger partial charge in [-0.05, 0) is 17.7 Å². The Bertz CT molecular complexity index is 404. The van der Waals surface area contributed by atoms with E-state index >= 15 is 0 Å². The Morgan fingerprint density at radius 2 is 1.88 bits per heavy atom. The van der Waals surface area contributed by atoms with E-state index in [0.717, 1.165) is 6.07 Å². The lowest BCUT2D eigenvalue weighted by atomic mass is 9.82. The van der Waals surface area contributed by atoms with Gasteiger partial charge in [-0.2, -0.15) is 13.2 Å². The highest BCUT2D eigenvalue weighted by Crippen LogP contribution is 2.41. The SMILES string of the molecule is CC(C)(CON)c1c(Cl)cccc1C(F)(F)F. The highest BCUT2D eigenvalue weighted by molar-refractivity contribution is 6.31. The fourth-order valence-electron chi connectivity index (χ4n) is 1.73. The smallest absolute Gasteiger partial charge is 0.304 e. The number of alkyl halides is 3. The highest BCUT2D eigenvalue weighted by Gasteiger charge is 2.39.